The molecule has 0 aliphatic carbocycles. The Kier molecular flexibility index (Phi) is 3.47. The van der Waals surface area contributed by atoms with Gasteiger partial charge >= 0.3 is 0 Å². The highest BCUT2D eigenvalue weighted by molar-refractivity contribution is 9.10. The van der Waals surface area contributed by atoms with E-state index in [1.165, 1.54) is 5.56 Å². The first-order chi connectivity index (χ1) is 6.79. The predicted molar refractivity (Wildman–Crippen MR) is 62.0 cm³/mol. The molecule has 0 saturated carbocycles. The van der Waals surface area contributed by atoms with Crippen molar-refractivity contribution in [2.45, 2.75) is 11.4 Å². The van der Waals surface area contributed by atoms with Crippen LogP contribution in [0.3, 0.4) is 0 Å². The second kappa shape index (κ2) is 4.64. The largest absolute Gasteiger partial charge is 0.486 e. The number of benzene rings is 1. The molecule has 14 heavy (non-hydrogen) atoms. The zero-order chi connectivity index (χ0) is 9.97. The molecule has 1 aromatic carbocycles. The Bertz CT molecular complexity index is 324. The van der Waals surface area contributed by atoms with Gasteiger partial charge in [-0.1, -0.05) is 37.9 Å². The van der Waals surface area contributed by atoms with Crippen LogP contribution in [-0.4, -0.2) is 19.3 Å². The van der Waals surface area contributed by atoms with Crippen molar-refractivity contribution >= 4 is 31.9 Å². The van der Waals surface area contributed by atoms with Gasteiger partial charge in [0.2, 0.25) is 0 Å². The predicted octanol–water partition coefficient (Wildman–Crippen LogP) is 3.12. The summed E-state index contributed by atoms with van der Waals surface area (Å²) in [6.45, 7) is 1.41. The lowest BCUT2D eigenvalue weighted by molar-refractivity contribution is -0.0797. The monoisotopic (exact) mass is 320 g/mol. The molecule has 0 unspecified atom stereocenters. The Hall–Kier alpha value is -0.0600. The van der Waals surface area contributed by atoms with Crippen LogP contribution in [0.1, 0.15) is 5.56 Å². The summed E-state index contributed by atoms with van der Waals surface area (Å²) in [7, 11) is 0. The number of hydrogen-bond acceptors (Lipinski definition) is 2. The lowest BCUT2D eigenvalue weighted by atomic mass is 10.2. The molecule has 1 saturated heterocycles. The lowest BCUT2D eigenvalue weighted by Gasteiger charge is -2.26. The summed E-state index contributed by atoms with van der Waals surface area (Å²) in [6, 6.07) is 6.03. The van der Waals surface area contributed by atoms with Crippen LogP contribution in [0.4, 0.5) is 0 Å². The normalized spacial score (nSPS) is 16.4. The van der Waals surface area contributed by atoms with Crippen LogP contribution in [0.2, 0.25) is 0 Å². The molecule has 2 rings (SSSR count). The van der Waals surface area contributed by atoms with Gasteiger partial charge in [0.1, 0.15) is 11.9 Å². The fourth-order valence-electron chi connectivity index (χ4n) is 1.18. The number of rotatable bonds is 3. The molecule has 1 aliphatic heterocycles. The Morgan fingerprint density at radius 2 is 2.21 bits per heavy atom. The first kappa shape index (κ1) is 10.5. The summed E-state index contributed by atoms with van der Waals surface area (Å²) < 4.78 is 11.8. The first-order valence-corrected chi connectivity index (χ1v) is 6.30. The number of hydrogen-bond donors (Lipinski definition) is 0. The van der Waals surface area contributed by atoms with Crippen LogP contribution in [0.25, 0.3) is 0 Å². The molecule has 0 bridgehead atoms. The van der Waals surface area contributed by atoms with Gasteiger partial charge in [-0.2, -0.15) is 0 Å². The van der Waals surface area contributed by atoms with Crippen molar-refractivity contribution in [3.8, 4) is 5.75 Å². The van der Waals surface area contributed by atoms with E-state index in [1.54, 1.807) is 0 Å². The SMILES string of the molecule is BrCc1ccc(OC2COC2)cc1Br. The van der Waals surface area contributed by atoms with Crippen LogP contribution in [-0.2, 0) is 10.1 Å². The van der Waals surface area contributed by atoms with E-state index in [4.69, 9.17) is 9.47 Å². The zero-order valence-electron chi connectivity index (χ0n) is 7.50. The molecule has 0 aromatic heterocycles. The Morgan fingerprint density at radius 3 is 2.71 bits per heavy atom. The zero-order valence-corrected chi connectivity index (χ0v) is 10.7. The number of halogens is 2. The van der Waals surface area contributed by atoms with Crippen LogP contribution in [0.5, 0.6) is 5.75 Å². The minimum Gasteiger partial charge on any atom is -0.486 e. The molecule has 0 spiro atoms. The van der Waals surface area contributed by atoms with Gasteiger partial charge in [0.05, 0.1) is 13.2 Å². The molecule has 0 radical (unpaired) electrons. The first-order valence-electron chi connectivity index (χ1n) is 4.38. The third-order valence-corrected chi connectivity index (χ3v) is 3.42. The second-order valence-electron chi connectivity index (χ2n) is 3.16. The fraction of sp³-hybridized carbons (Fsp3) is 0.400. The second-order valence-corrected chi connectivity index (χ2v) is 4.58. The maximum absolute atomic E-state index is 5.66. The molecular formula is C10H10Br2O2. The van der Waals surface area contributed by atoms with E-state index in [-0.39, 0.29) is 6.10 Å². The van der Waals surface area contributed by atoms with Crippen LogP contribution in [0, 0.1) is 0 Å². The van der Waals surface area contributed by atoms with Crippen molar-refractivity contribution in [2.75, 3.05) is 13.2 Å². The fourth-order valence-corrected chi connectivity index (χ4v) is 2.55. The van der Waals surface area contributed by atoms with Gasteiger partial charge in [-0.3, -0.25) is 0 Å². The third-order valence-electron chi connectivity index (χ3n) is 2.08. The van der Waals surface area contributed by atoms with E-state index in [0.717, 1.165) is 15.6 Å². The molecule has 1 aromatic rings. The molecule has 0 amide bonds. The summed E-state index contributed by atoms with van der Waals surface area (Å²) in [6.07, 6.45) is 0.233. The molecule has 0 atom stereocenters. The van der Waals surface area contributed by atoms with Crippen LogP contribution >= 0.6 is 31.9 Å². The van der Waals surface area contributed by atoms with E-state index < -0.39 is 0 Å². The quantitative estimate of drug-likeness (QED) is 0.796. The highest BCUT2D eigenvalue weighted by Gasteiger charge is 2.20. The Labute approximate surface area is 99.8 Å². The highest BCUT2D eigenvalue weighted by atomic mass is 79.9. The smallest absolute Gasteiger partial charge is 0.145 e. The topological polar surface area (TPSA) is 18.5 Å². The van der Waals surface area contributed by atoms with Crippen molar-refractivity contribution in [1.29, 1.82) is 0 Å². The average molecular weight is 322 g/mol. The number of alkyl halides is 1. The maximum Gasteiger partial charge on any atom is 0.145 e. The van der Waals surface area contributed by atoms with E-state index in [0.29, 0.717) is 13.2 Å². The lowest BCUT2D eigenvalue weighted by Crippen LogP contribution is -2.38. The van der Waals surface area contributed by atoms with Gasteiger partial charge in [0.25, 0.3) is 0 Å². The molecule has 1 fully saturated rings. The molecule has 76 valence electrons. The minimum atomic E-state index is 0.233. The molecule has 0 N–H and O–H groups in total. The molecule has 1 aliphatic rings. The van der Waals surface area contributed by atoms with E-state index in [9.17, 15) is 0 Å². The summed E-state index contributed by atoms with van der Waals surface area (Å²) in [5.74, 6) is 0.898. The van der Waals surface area contributed by atoms with Crippen molar-refractivity contribution in [3.05, 3.63) is 28.2 Å². The Balaban J connectivity index is 2.07. The standard InChI is InChI=1S/C10H10Br2O2/c11-4-7-1-2-8(3-10(7)12)14-9-5-13-6-9/h1-3,9H,4-6H2. The molecular weight excluding hydrogens is 312 g/mol. The van der Waals surface area contributed by atoms with Gasteiger partial charge in [-0.15, -0.1) is 0 Å². The van der Waals surface area contributed by atoms with Crippen molar-refractivity contribution in [3.63, 3.8) is 0 Å². The van der Waals surface area contributed by atoms with Gasteiger partial charge in [-0.05, 0) is 17.7 Å². The van der Waals surface area contributed by atoms with Gasteiger partial charge in [-0.25, -0.2) is 0 Å². The van der Waals surface area contributed by atoms with Crippen LogP contribution in [0.15, 0.2) is 22.7 Å². The molecule has 2 nitrogen and oxygen atoms in total. The summed E-state index contributed by atoms with van der Waals surface area (Å²) in [5, 5.41) is 0.848. The van der Waals surface area contributed by atoms with E-state index in [2.05, 4.69) is 31.9 Å². The average Bonchev–Trinajstić information content (AvgIpc) is 2.12. The van der Waals surface area contributed by atoms with Crippen molar-refractivity contribution < 1.29 is 9.47 Å². The van der Waals surface area contributed by atoms with Gasteiger partial charge in [0.15, 0.2) is 0 Å². The van der Waals surface area contributed by atoms with Gasteiger partial charge in [0, 0.05) is 9.80 Å². The summed E-state index contributed by atoms with van der Waals surface area (Å²) in [4.78, 5) is 0. The summed E-state index contributed by atoms with van der Waals surface area (Å²) >= 11 is 6.91. The minimum absolute atomic E-state index is 0.233. The van der Waals surface area contributed by atoms with Crippen molar-refractivity contribution in [2.24, 2.45) is 0 Å². The molecule has 4 heteroatoms. The van der Waals surface area contributed by atoms with E-state index in [1.807, 2.05) is 18.2 Å². The Morgan fingerprint density at radius 1 is 1.43 bits per heavy atom. The van der Waals surface area contributed by atoms with Gasteiger partial charge < -0.3 is 9.47 Å². The maximum atomic E-state index is 5.66. The van der Waals surface area contributed by atoms with Crippen molar-refractivity contribution in [1.82, 2.24) is 0 Å². The molecule has 1 heterocycles. The van der Waals surface area contributed by atoms with Crippen LogP contribution < -0.4 is 4.74 Å². The third kappa shape index (κ3) is 2.30. The summed E-state index contributed by atoms with van der Waals surface area (Å²) in [5.41, 5.74) is 1.22. The van der Waals surface area contributed by atoms with E-state index >= 15 is 0 Å². The highest BCUT2D eigenvalue weighted by Crippen LogP contribution is 2.26. The number of ether oxygens (including phenoxy) is 2.